The Labute approximate surface area is 79.5 Å². The number of hydrogen-bond acceptors (Lipinski definition) is 2. The van der Waals surface area contributed by atoms with E-state index in [0.717, 1.165) is 10.6 Å². The van der Waals surface area contributed by atoms with Crippen molar-refractivity contribution < 1.29 is 9.18 Å². The van der Waals surface area contributed by atoms with Gasteiger partial charge in [-0.3, -0.25) is 4.79 Å². The lowest BCUT2D eigenvalue weighted by Crippen LogP contribution is -2.23. The molecule has 0 unspecified atom stereocenters. The summed E-state index contributed by atoms with van der Waals surface area (Å²) in [7, 11) is 0. The maximum atomic E-state index is 12.8. The third-order valence-electron chi connectivity index (χ3n) is 1.83. The fraction of sp³-hybridized carbons (Fsp3) is 0.222. The molecule has 1 aromatic carbocycles. The summed E-state index contributed by atoms with van der Waals surface area (Å²) in [6, 6.07) is 4.24. The molecule has 2 rings (SSSR count). The zero-order chi connectivity index (χ0) is 9.26. The van der Waals surface area contributed by atoms with Crippen molar-refractivity contribution in [1.29, 1.82) is 0 Å². The predicted molar refractivity (Wildman–Crippen MR) is 49.5 cm³/mol. The Morgan fingerprint density at radius 3 is 3.15 bits per heavy atom. The van der Waals surface area contributed by atoms with Crippen molar-refractivity contribution in [2.75, 3.05) is 12.3 Å². The number of nitrogens with one attached hydrogen (secondary N) is 1. The van der Waals surface area contributed by atoms with Crippen molar-refractivity contribution in [3.05, 3.63) is 29.6 Å². The van der Waals surface area contributed by atoms with E-state index in [4.69, 9.17) is 0 Å². The van der Waals surface area contributed by atoms with Crippen LogP contribution in [-0.4, -0.2) is 18.2 Å². The van der Waals surface area contributed by atoms with Gasteiger partial charge >= 0.3 is 0 Å². The molecular weight excluding hydrogens is 189 g/mol. The standard InChI is InChI=1S/C9H8FNOS/c10-6-1-2-7-8(5-6)13-4-3-11-9(7)12/h1-2,5H,3-4H2,(H,11,12). The van der Waals surface area contributed by atoms with Crippen molar-refractivity contribution in [1.82, 2.24) is 5.32 Å². The van der Waals surface area contributed by atoms with Crippen molar-refractivity contribution in [3.63, 3.8) is 0 Å². The first-order valence-electron chi connectivity index (χ1n) is 3.98. The normalized spacial score (nSPS) is 15.9. The number of hydrogen-bond donors (Lipinski definition) is 1. The minimum Gasteiger partial charge on any atom is -0.351 e. The highest BCUT2D eigenvalue weighted by Crippen LogP contribution is 2.25. The molecule has 1 heterocycles. The summed E-state index contributed by atoms with van der Waals surface area (Å²) in [5, 5.41) is 2.74. The molecule has 0 aromatic heterocycles. The number of amides is 1. The Bertz CT molecular complexity index is 353. The van der Waals surface area contributed by atoms with Crippen LogP contribution in [0.2, 0.25) is 0 Å². The topological polar surface area (TPSA) is 29.1 Å². The van der Waals surface area contributed by atoms with Crippen LogP contribution in [0.5, 0.6) is 0 Å². The second-order valence-electron chi connectivity index (χ2n) is 2.74. The Morgan fingerprint density at radius 1 is 1.46 bits per heavy atom. The molecule has 4 heteroatoms. The minimum atomic E-state index is -0.291. The third kappa shape index (κ3) is 1.67. The van der Waals surface area contributed by atoms with E-state index in [-0.39, 0.29) is 11.7 Å². The molecule has 0 fully saturated rings. The van der Waals surface area contributed by atoms with Crippen LogP contribution in [0.1, 0.15) is 10.4 Å². The summed E-state index contributed by atoms with van der Waals surface area (Å²) in [5.74, 6) is 0.392. The quantitative estimate of drug-likeness (QED) is 0.685. The van der Waals surface area contributed by atoms with E-state index in [9.17, 15) is 9.18 Å². The minimum absolute atomic E-state index is 0.111. The molecule has 0 radical (unpaired) electrons. The van der Waals surface area contributed by atoms with Gasteiger partial charge in [0.05, 0.1) is 5.56 Å². The van der Waals surface area contributed by atoms with Gasteiger partial charge in [0, 0.05) is 17.2 Å². The monoisotopic (exact) mass is 197 g/mol. The van der Waals surface area contributed by atoms with E-state index in [1.54, 1.807) is 0 Å². The summed E-state index contributed by atoms with van der Waals surface area (Å²) < 4.78 is 12.8. The highest BCUT2D eigenvalue weighted by molar-refractivity contribution is 7.99. The molecule has 0 aliphatic carbocycles. The molecule has 2 nitrogen and oxygen atoms in total. The van der Waals surface area contributed by atoms with E-state index in [2.05, 4.69) is 5.32 Å². The van der Waals surface area contributed by atoms with Crippen LogP contribution in [0.25, 0.3) is 0 Å². The highest BCUT2D eigenvalue weighted by atomic mass is 32.2. The van der Waals surface area contributed by atoms with Gasteiger partial charge in [0.1, 0.15) is 5.82 Å². The van der Waals surface area contributed by atoms with E-state index in [1.807, 2.05) is 0 Å². The molecule has 0 spiro atoms. The second-order valence-corrected chi connectivity index (χ2v) is 3.88. The largest absolute Gasteiger partial charge is 0.351 e. The van der Waals surface area contributed by atoms with Crippen LogP contribution < -0.4 is 5.32 Å². The molecule has 1 aromatic rings. The molecule has 0 bridgehead atoms. The molecule has 0 saturated carbocycles. The number of carbonyl (C=O) groups is 1. The Hall–Kier alpha value is -1.03. The summed E-state index contributed by atoms with van der Waals surface area (Å²) >= 11 is 1.50. The SMILES string of the molecule is O=C1NCCSc2cc(F)ccc21. The summed E-state index contributed by atoms with van der Waals surface area (Å²) in [6.45, 7) is 0.639. The van der Waals surface area contributed by atoms with E-state index in [0.29, 0.717) is 12.1 Å². The first-order chi connectivity index (χ1) is 6.27. The van der Waals surface area contributed by atoms with E-state index >= 15 is 0 Å². The lowest BCUT2D eigenvalue weighted by Gasteiger charge is -2.02. The van der Waals surface area contributed by atoms with Gasteiger partial charge in [0.15, 0.2) is 0 Å². The van der Waals surface area contributed by atoms with Crippen molar-refractivity contribution in [3.8, 4) is 0 Å². The summed E-state index contributed by atoms with van der Waals surface area (Å²) in [5.41, 5.74) is 0.573. The molecule has 1 amide bonds. The van der Waals surface area contributed by atoms with Gasteiger partial charge in [-0.15, -0.1) is 11.8 Å². The van der Waals surface area contributed by atoms with Gasteiger partial charge in [-0.2, -0.15) is 0 Å². The maximum absolute atomic E-state index is 12.8. The summed E-state index contributed by atoms with van der Waals surface area (Å²) in [6.07, 6.45) is 0. The molecule has 0 saturated heterocycles. The lowest BCUT2D eigenvalue weighted by atomic mass is 10.2. The second kappa shape index (κ2) is 3.38. The van der Waals surface area contributed by atoms with Crippen LogP contribution in [0.15, 0.2) is 23.1 Å². The average molecular weight is 197 g/mol. The fourth-order valence-electron chi connectivity index (χ4n) is 1.22. The van der Waals surface area contributed by atoms with Gasteiger partial charge in [-0.1, -0.05) is 0 Å². The molecule has 1 aliphatic rings. The van der Waals surface area contributed by atoms with Crippen LogP contribution in [-0.2, 0) is 0 Å². The molecule has 1 aliphatic heterocycles. The van der Waals surface area contributed by atoms with Gasteiger partial charge in [-0.05, 0) is 18.2 Å². The lowest BCUT2D eigenvalue weighted by molar-refractivity contribution is 0.0954. The molecule has 1 N–H and O–H groups in total. The highest BCUT2D eigenvalue weighted by Gasteiger charge is 2.15. The van der Waals surface area contributed by atoms with Crippen molar-refractivity contribution in [2.24, 2.45) is 0 Å². The number of carbonyl (C=O) groups excluding carboxylic acids is 1. The Morgan fingerprint density at radius 2 is 2.31 bits per heavy atom. The number of rotatable bonds is 0. The van der Waals surface area contributed by atoms with E-state index < -0.39 is 0 Å². The zero-order valence-corrected chi connectivity index (χ0v) is 7.66. The molecule has 68 valence electrons. The van der Waals surface area contributed by atoms with Crippen LogP contribution >= 0.6 is 11.8 Å². The van der Waals surface area contributed by atoms with Crippen LogP contribution in [0.4, 0.5) is 4.39 Å². The Balaban J connectivity index is 2.48. The van der Waals surface area contributed by atoms with E-state index in [1.165, 1.54) is 30.0 Å². The number of thioether (sulfide) groups is 1. The molecule has 0 atom stereocenters. The van der Waals surface area contributed by atoms with Crippen molar-refractivity contribution in [2.45, 2.75) is 4.90 Å². The number of halogens is 1. The van der Waals surface area contributed by atoms with Crippen molar-refractivity contribution >= 4 is 17.7 Å². The molecule has 13 heavy (non-hydrogen) atoms. The smallest absolute Gasteiger partial charge is 0.252 e. The average Bonchev–Trinajstić information content (AvgIpc) is 2.28. The number of fused-ring (bicyclic) bond motifs is 1. The summed E-state index contributed by atoms with van der Waals surface area (Å²) in [4.78, 5) is 12.1. The third-order valence-corrected chi connectivity index (χ3v) is 2.89. The number of benzene rings is 1. The maximum Gasteiger partial charge on any atom is 0.252 e. The Kier molecular flexibility index (Phi) is 2.22. The zero-order valence-electron chi connectivity index (χ0n) is 6.84. The first kappa shape index (κ1) is 8.56. The van der Waals surface area contributed by atoms with Gasteiger partial charge in [0.25, 0.3) is 5.91 Å². The molecular formula is C9H8FNOS. The first-order valence-corrected chi connectivity index (χ1v) is 4.96. The van der Waals surface area contributed by atoms with Gasteiger partial charge in [-0.25, -0.2) is 4.39 Å². The van der Waals surface area contributed by atoms with Crippen LogP contribution in [0.3, 0.4) is 0 Å². The fourth-order valence-corrected chi connectivity index (χ4v) is 2.16. The predicted octanol–water partition coefficient (Wildman–Crippen LogP) is 1.66. The van der Waals surface area contributed by atoms with Gasteiger partial charge in [0.2, 0.25) is 0 Å². The van der Waals surface area contributed by atoms with Gasteiger partial charge < -0.3 is 5.32 Å². The van der Waals surface area contributed by atoms with Crippen LogP contribution in [0, 0.1) is 5.82 Å².